The first-order valence-corrected chi connectivity index (χ1v) is 13.8. The SMILES string of the molecule is CCCN(Cc1ccc(-c2cc3nccc(Oc4ccc(CC(=O)CC5CC5)cc4F)c3s2)nc1)C(C)=O. The van der Waals surface area contributed by atoms with Crippen molar-refractivity contribution in [1.29, 1.82) is 0 Å². The molecule has 6 nitrogen and oxygen atoms in total. The minimum Gasteiger partial charge on any atom is -0.453 e. The minimum atomic E-state index is -0.497. The number of hydrogen-bond donors (Lipinski definition) is 0. The molecule has 1 amide bonds. The fraction of sp³-hybridized carbons (Fsp3) is 0.333. The molecule has 4 aromatic rings. The van der Waals surface area contributed by atoms with Crippen LogP contribution in [0.4, 0.5) is 4.39 Å². The van der Waals surface area contributed by atoms with Gasteiger partial charge >= 0.3 is 0 Å². The van der Waals surface area contributed by atoms with Crippen LogP contribution in [0.5, 0.6) is 11.5 Å². The zero-order chi connectivity index (χ0) is 26.6. The normalized spacial score (nSPS) is 13.0. The number of fused-ring (bicyclic) bond motifs is 1. The van der Waals surface area contributed by atoms with E-state index in [4.69, 9.17) is 4.74 Å². The predicted molar refractivity (Wildman–Crippen MR) is 147 cm³/mol. The van der Waals surface area contributed by atoms with E-state index in [0.29, 0.717) is 36.7 Å². The Balaban J connectivity index is 1.31. The monoisotopic (exact) mass is 531 g/mol. The number of amides is 1. The molecule has 1 aliphatic carbocycles. The summed E-state index contributed by atoms with van der Waals surface area (Å²) < 4.78 is 21.6. The molecule has 0 saturated heterocycles. The van der Waals surface area contributed by atoms with E-state index in [-0.39, 0.29) is 23.9 Å². The average Bonchev–Trinajstić information content (AvgIpc) is 3.59. The number of Topliss-reactive ketones (excluding diaryl/α,β-unsaturated/α-hetero) is 1. The van der Waals surface area contributed by atoms with Crippen LogP contribution in [0.3, 0.4) is 0 Å². The molecule has 1 aliphatic rings. The Bertz CT molecular complexity index is 1460. The molecule has 1 fully saturated rings. The lowest BCUT2D eigenvalue weighted by Gasteiger charge is -2.20. The van der Waals surface area contributed by atoms with Gasteiger partial charge in [0, 0.05) is 51.3 Å². The molecule has 8 heteroatoms. The van der Waals surface area contributed by atoms with E-state index < -0.39 is 5.82 Å². The highest BCUT2D eigenvalue weighted by Crippen LogP contribution is 2.39. The molecule has 38 heavy (non-hydrogen) atoms. The first kappa shape index (κ1) is 26.0. The van der Waals surface area contributed by atoms with Gasteiger partial charge in [-0.05, 0) is 60.6 Å². The minimum absolute atomic E-state index is 0.0483. The summed E-state index contributed by atoms with van der Waals surface area (Å²) in [5.41, 5.74) is 3.16. The van der Waals surface area contributed by atoms with Crippen LogP contribution in [0.1, 0.15) is 50.7 Å². The van der Waals surface area contributed by atoms with Crippen molar-refractivity contribution in [1.82, 2.24) is 14.9 Å². The standard InChI is InChI=1S/C30H30FN3O3S/c1-3-12-34(19(2)35)18-22-6-8-25(33-17-22)29-16-26-30(38-29)28(10-11-32-26)37-27-9-7-21(15-24(27)31)14-23(36)13-20-4-5-20/h6-11,15-17,20H,3-5,12-14,18H2,1-2H3. The Labute approximate surface area is 225 Å². The van der Waals surface area contributed by atoms with Gasteiger partial charge < -0.3 is 9.64 Å². The number of rotatable bonds is 11. The van der Waals surface area contributed by atoms with E-state index in [9.17, 15) is 14.0 Å². The molecule has 0 spiro atoms. The van der Waals surface area contributed by atoms with Crippen LogP contribution in [0.15, 0.2) is 54.9 Å². The molecular formula is C30H30FN3O3S. The number of carbonyl (C=O) groups is 2. The highest BCUT2D eigenvalue weighted by molar-refractivity contribution is 7.22. The fourth-order valence-electron chi connectivity index (χ4n) is 4.42. The van der Waals surface area contributed by atoms with Crippen molar-refractivity contribution < 1.29 is 18.7 Å². The second kappa shape index (κ2) is 11.4. The highest BCUT2D eigenvalue weighted by Gasteiger charge is 2.24. The molecule has 0 N–H and O–H groups in total. The van der Waals surface area contributed by atoms with Gasteiger partial charge in [0.15, 0.2) is 11.6 Å². The van der Waals surface area contributed by atoms with Crippen LogP contribution in [-0.4, -0.2) is 33.1 Å². The molecule has 1 saturated carbocycles. The Morgan fingerprint density at radius 1 is 1.08 bits per heavy atom. The van der Waals surface area contributed by atoms with E-state index in [1.807, 2.05) is 25.1 Å². The lowest BCUT2D eigenvalue weighted by atomic mass is 10.0. The van der Waals surface area contributed by atoms with Crippen LogP contribution < -0.4 is 4.74 Å². The average molecular weight is 532 g/mol. The zero-order valence-electron chi connectivity index (χ0n) is 21.6. The number of thiophene rings is 1. The van der Waals surface area contributed by atoms with Crippen molar-refractivity contribution in [3.05, 3.63) is 71.8 Å². The fourth-order valence-corrected chi connectivity index (χ4v) is 5.46. The number of ether oxygens (including phenoxy) is 1. The molecule has 196 valence electrons. The van der Waals surface area contributed by atoms with E-state index in [2.05, 4.69) is 9.97 Å². The zero-order valence-corrected chi connectivity index (χ0v) is 22.4. The van der Waals surface area contributed by atoms with Gasteiger partial charge in [0.05, 0.1) is 20.8 Å². The largest absolute Gasteiger partial charge is 0.453 e. The molecule has 5 rings (SSSR count). The van der Waals surface area contributed by atoms with Crippen LogP contribution in [0.2, 0.25) is 0 Å². The number of pyridine rings is 2. The second-order valence-electron chi connectivity index (χ2n) is 9.86. The van der Waals surface area contributed by atoms with Gasteiger partial charge in [-0.15, -0.1) is 11.3 Å². The first-order chi connectivity index (χ1) is 18.4. The van der Waals surface area contributed by atoms with Crippen molar-refractivity contribution >= 4 is 33.2 Å². The van der Waals surface area contributed by atoms with Gasteiger partial charge in [0.25, 0.3) is 0 Å². The quantitative estimate of drug-likeness (QED) is 0.209. The number of aromatic nitrogens is 2. The van der Waals surface area contributed by atoms with E-state index in [1.165, 1.54) is 17.4 Å². The predicted octanol–water partition coefficient (Wildman–Crippen LogP) is 6.96. The maximum Gasteiger partial charge on any atom is 0.219 e. The van der Waals surface area contributed by atoms with Gasteiger partial charge in [0.1, 0.15) is 11.5 Å². The number of carbonyl (C=O) groups excluding carboxylic acids is 2. The van der Waals surface area contributed by atoms with Crippen LogP contribution >= 0.6 is 11.3 Å². The van der Waals surface area contributed by atoms with Crippen molar-refractivity contribution in [3.8, 4) is 22.1 Å². The van der Waals surface area contributed by atoms with Gasteiger partial charge in [0.2, 0.25) is 5.91 Å². The smallest absolute Gasteiger partial charge is 0.219 e. The molecule has 3 aromatic heterocycles. The van der Waals surface area contributed by atoms with Gasteiger partial charge in [-0.2, -0.15) is 0 Å². The molecule has 3 heterocycles. The Morgan fingerprint density at radius 3 is 2.58 bits per heavy atom. The first-order valence-electron chi connectivity index (χ1n) is 13.0. The molecule has 0 radical (unpaired) electrons. The molecule has 0 aliphatic heterocycles. The highest BCUT2D eigenvalue weighted by atomic mass is 32.1. The molecule has 0 unspecified atom stereocenters. The third kappa shape index (κ3) is 6.25. The van der Waals surface area contributed by atoms with E-state index in [0.717, 1.165) is 45.6 Å². The lowest BCUT2D eigenvalue weighted by Crippen LogP contribution is -2.28. The molecule has 0 bridgehead atoms. The second-order valence-corrected chi connectivity index (χ2v) is 10.9. The summed E-state index contributed by atoms with van der Waals surface area (Å²) in [6, 6.07) is 12.3. The van der Waals surface area contributed by atoms with Crippen LogP contribution in [0, 0.1) is 11.7 Å². The van der Waals surface area contributed by atoms with Crippen LogP contribution in [0.25, 0.3) is 20.8 Å². The molecule has 0 atom stereocenters. The summed E-state index contributed by atoms with van der Waals surface area (Å²) >= 11 is 1.48. The van der Waals surface area contributed by atoms with Crippen molar-refractivity contribution in [3.63, 3.8) is 0 Å². The summed E-state index contributed by atoms with van der Waals surface area (Å²) in [5, 5.41) is 0. The van der Waals surface area contributed by atoms with Gasteiger partial charge in [-0.3, -0.25) is 19.6 Å². The topological polar surface area (TPSA) is 72.4 Å². The number of ketones is 1. The summed E-state index contributed by atoms with van der Waals surface area (Å²) in [5.74, 6) is 0.846. The molecule has 1 aromatic carbocycles. The Hall–Kier alpha value is -3.65. The van der Waals surface area contributed by atoms with E-state index in [1.54, 1.807) is 42.4 Å². The van der Waals surface area contributed by atoms with Crippen LogP contribution in [-0.2, 0) is 22.6 Å². The molecular weight excluding hydrogens is 501 g/mol. The van der Waals surface area contributed by atoms with E-state index >= 15 is 0 Å². The van der Waals surface area contributed by atoms with Gasteiger partial charge in [-0.1, -0.05) is 19.1 Å². The van der Waals surface area contributed by atoms with Gasteiger partial charge in [-0.25, -0.2) is 4.39 Å². The maximum atomic E-state index is 14.9. The maximum absolute atomic E-state index is 14.9. The third-order valence-corrected chi connectivity index (χ3v) is 7.76. The van der Waals surface area contributed by atoms with Crippen molar-refractivity contribution in [2.75, 3.05) is 6.54 Å². The summed E-state index contributed by atoms with van der Waals surface area (Å²) in [7, 11) is 0. The Kier molecular flexibility index (Phi) is 7.79. The third-order valence-electron chi connectivity index (χ3n) is 6.60. The lowest BCUT2D eigenvalue weighted by molar-refractivity contribution is -0.129. The number of halogens is 1. The number of nitrogens with zero attached hydrogens (tertiary/aromatic N) is 3. The summed E-state index contributed by atoms with van der Waals surface area (Å²) in [4.78, 5) is 35.8. The van der Waals surface area contributed by atoms with Crippen molar-refractivity contribution in [2.24, 2.45) is 5.92 Å². The summed E-state index contributed by atoms with van der Waals surface area (Å²) in [6.07, 6.45) is 7.41. The number of benzene rings is 1. The van der Waals surface area contributed by atoms with Crippen molar-refractivity contribution in [2.45, 2.75) is 52.5 Å². The number of hydrogen-bond acceptors (Lipinski definition) is 6. The Morgan fingerprint density at radius 2 is 1.89 bits per heavy atom. The summed E-state index contributed by atoms with van der Waals surface area (Å²) in [6.45, 7) is 4.87.